The molecule has 2 unspecified atom stereocenters. The van der Waals surface area contributed by atoms with E-state index in [0.29, 0.717) is 5.92 Å². The largest absolute Gasteiger partial charge is 0.389 e. The highest BCUT2D eigenvalue weighted by molar-refractivity contribution is 7.09. The van der Waals surface area contributed by atoms with Gasteiger partial charge in [-0.1, -0.05) is 6.92 Å². The number of aromatic nitrogens is 1. The molecule has 0 bridgehead atoms. The zero-order chi connectivity index (χ0) is 10.2. The van der Waals surface area contributed by atoms with Gasteiger partial charge in [-0.15, -0.1) is 11.3 Å². The lowest BCUT2D eigenvalue weighted by Crippen LogP contribution is -2.27. The molecule has 1 N–H and O–H groups in total. The Bertz CT molecular complexity index is 323. The van der Waals surface area contributed by atoms with Crippen LogP contribution in [-0.2, 0) is 6.42 Å². The van der Waals surface area contributed by atoms with Crippen LogP contribution in [0.4, 0.5) is 0 Å². The third kappa shape index (κ3) is 2.15. The molecule has 0 radical (unpaired) electrons. The Morgan fingerprint density at radius 2 is 2.50 bits per heavy atom. The number of thiazole rings is 1. The molecule has 3 heteroatoms. The van der Waals surface area contributed by atoms with Crippen molar-refractivity contribution in [2.45, 2.75) is 45.1 Å². The van der Waals surface area contributed by atoms with Gasteiger partial charge in [0.2, 0.25) is 0 Å². The summed E-state index contributed by atoms with van der Waals surface area (Å²) in [6, 6.07) is 0. The summed E-state index contributed by atoms with van der Waals surface area (Å²) in [5, 5.41) is 13.4. The van der Waals surface area contributed by atoms with E-state index >= 15 is 0 Å². The lowest BCUT2D eigenvalue weighted by molar-refractivity contribution is 0.0445. The van der Waals surface area contributed by atoms with Gasteiger partial charge in [0.25, 0.3) is 0 Å². The van der Waals surface area contributed by atoms with Gasteiger partial charge in [-0.3, -0.25) is 0 Å². The number of rotatable bonds is 2. The van der Waals surface area contributed by atoms with Crippen LogP contribution < -0.4 is 0 Å². The van der Waals surface area contributed by atoms with Crippen LogP contribution in [0.5, 0.6) is 0 Å². The van der Waals surface area contributed by atoms with Gasteiger partial charge >= 0.3 is 0 Å². The number of aliphatic hydroxyl groups is 1. The maximum atomic E-state index is 10.3. The molecule has 1 saturated carbocycles. The second-order valence-corrected chi connectivity index (χ2v) is 5.57. The van der Waals surface area contributed by atoms with Crippen LogP contribution in [-0.4, -0.2) is 15.7 Å². The summed E-state index contributed by atoms with van der Waals surface area (Å²) >= 11 is 1.67. The molecule has 1 aliphatic carbocycles. The molecule has 78 valence electrons. The average molecular weight is 211 g/mol. The molecule has 1 aromatic rings. The van der Waals surface area contributed by atoms with E-state index in [1.807, 2.05) is 6.92 Å². The Balaban J connectivity index is 2.03. The summed E-state index contributed by atoms with van der Waals surface area (Å²) in [6.07, 6.45) is 3.77. The van der Waals surface area contributed by atoms with Gasteiger partial charge in [-0.25, -0.2) is 4.98 Å². The zero-order valence-electron chi connectivity index (χ0n) is 8.79. The van der Waals surface area contributed by atoms with E-state index < -0.39 is 5.60 Å². The quantitative estimate of drug-likeness (QED) is 0.815. The Kier molecular flexibility index (Phi) is 2.62. The molecule has 0 spiro atoms. The fraction of sp³-hybridized carbons (Fsp3) is 0.727. The lowest BCUT2D eigenvalue weighted by atomic mass is 9.97. The average Bonchev–Trinajstić information content (AvgIpc) is 2.60. The van der Waals surface area contributed by atoms with E-state index in [9.17, 15) is 5.11 Å². The molecule has 2 atom stereocenters. The monoisotopic (exact) mass is 211 g/mol. The molecule has 0 aliphatic heterocycles. The highest BCUT2D eigenvalue weighted by Crippen LogP contribution is 2.36. The molecular weight excluding hydrogens is 194 g/mol. The smallest absolute Gasteiger partial charge is 0.0956 e. The Labute approximate surface area is 89.0 Å². The molecule has 0 aromatic carbocycles. The number of hydrogen-bond donors (Lipinski definition) is 1. The molecule has 1 heterocycles. The Morgan fingerprint density at radius 3 is 3.00 bits per heavy atom. The van der Waals surface area contributed by atoms with Crippen LogP contribution in [0.15, 0.2) is 5.38 Å². The van der Waals surface area contributed by atoms with Gasteiger partial charge in [0, 0.05) is 17.5 Å². The predicted molar refractivity (Wildman–Crippen MR) is 58.5 cm³/mol. The fourth-order valence-corrected chi connectivity index (χ4v) is 3.20. The summed E-state index contributed by atoms with van der Waals surface area (Å²) in [4.78, 5) is 4.40. The second-order valence-electron chi connectivity index (χ2n) is 4.63. The van der Waals surface area contributed by atoms with E-state index in [0.717, 1.165) is 36.4 Å². The summed E-state index contributed by atoms with van der Waals surface area (Å²) in [7, 11) is 0. The van der Waals surface area contributed by atoms with E-state index in [4.69, 9.17) is 0 Å². The standard InChI is InChI=1S/C11H17NOS/c1-8-3-4-11(13,5-8)6-10-12-9(2)7-14-10/h7-8,13H,3-6H2,1-2H3. The summed E-state index contributed by atoms with van der Waals surface area (Å²) in [5.41, 5.74) is 0.601. The van der Waals surface area contributed by atoms with Crippen molar-refractivity contribution in [3.8, 4) is 0 Å². The maximum Gasteiger partial charge on any atom is 0.0956 e. The van der Waals surface area contributed by atoms with Crippen LogP contribution >= 0.6 is 11.3 Å². The van der Waals surface area contributed by atoms with Crippen molar-refractivity contribution >= 4 is 11.3 Å². The summed E-state index contributed by atoms with van der Waals surface area (Å²) in [6.45, 7) is 4.21. The normalized spacial score (nSPS) is 32.4. The van der Waals surface area contributed by atoms with Crippen molar-refractivity contribution in [2.75, 3.05) is 0 Å². The Morgan fingerprint density at radius 1 is 1.71 bits per heavy atom. The first-order valence-corrected chi connectivity index (χ1v) is 6.09. The third-order valence-electron chi connectivity index (χ3n) is 2.98. The minimum Gasteiger partial charge on any atom is -0.389 e. The second kappa shape index (κ2) is 3.63. The van der Waals surface area contributed by atoms with Crippen LogP contribution in [0, 0.1) is 12.8 Å². The zero-order valence-corrected chi connectivity index (χ0v) is 9.60. The first kappa shape index (κ1) is 10.1. The minimum atomic E-state index is -0.469. The van der Waals surface area contributed by atoms with Gasteiger partial charge in [-0.05, 0) is 32.1 Å². The first-order valence-electron chi connectivity index (χ1n) is 5.21. The van der Waals surface area contributed by atoms with Crippen molar-refractivity contribution in [3.05, 3.63) is 16.1 Å². The Hall–Kier alpha value is -0.410. The van der Waals surface area contributed by atoms with Gasteiger partial charge in [0.1, 0.15) is 0 Å². The van der Waals surface area contributed by atoms with E-state index in [-0.39, 0.29) is 0 Å². The van der Waals surface area contributed by atoms with Crippen molar-refractivity contribution in [3.63, 3.8) is 0 Å². The van der Waals surface area contributed by atoms with Crippen molar-refractivity contribution in [1.82, 2.24) is 4.98 Å². The van der Waals surface area contributed by atoms with Crippen LogP contribution in [0.2, 0.25) is 0 Å². The van der Waals surface area contributed by atoms with E-state index in [2.05, 4.69) is 17.3 Å². The predicted octanol–water partition coefficient (Wildman–Crippen LogP) is 2.55. The van der Waals surface area contributed by atoms with Crippen molar-refractivity contribution in [2.24, 2.45) is 5.92 Å². The van der Waals surface area contributed by atoms with Gasteiger partial charge in [0.15, 0.2) is 0 Å². The number of nitrogens with zero attached hydrogens (tertiary/aromatic N) is 1. The van der Waals surface area contributed by atoms with Gasteiger partial charge in [-0.2, -0.15) is 0 Å². The summed E-state index contributed by atoms with van der Waals surface area (Å²) < 4.78 is 0. The molecule has 0 amide bonds. The number of hydrogen-bond acceptors (Lipinski definition) is 3. The molecule has 0 saturated heterocycles. The third-order valence-corrected chi connectivity index (χ3v) is 3.94. The topological polar surface area (TPSA) is 33.1 Å². The molecule has 1 aliphatic rings. The first-order chi connectivity index (χ1) is 6.57. The molecular formula is C11H17NOS. The molecule has 2 rings (SSSR count). The highest BCUT2D eigenvalue weighted by Gasteiger charge is 2.35. The fourth-order valence-electron chi connectivity index (χ4n) is 2.29. The number of aryl methyl sites for hydroxylation is 1. The minimum absolute atomic E-state index is 0.469. The molecule has 1 aromatic heterocycles. The molecule has 2 nitrogen and oxygen atoms in total. The van der Waals surface area contributed by atoms with E-state index in [1.54, 1.807) is 11.3 Å². The van der Waals surface area contributed by atoms with E-state index in [1.165, 1.54) is 0 Å². The van der Waals surface area contributed by atoms with Gasteiger partial charge in [0.05, 0.1) is 10.6 Å². The van der Waals surface area contributed by atoms with Gasteiger partial charge < -0.3 is 5.11 Å². The van der Waals surface area contributed by atoms with Crippen molar-refractivity contribution in [1.29, 1.82) is 0 Å². The van der Waals surface area contributed by atoms with Crippen LogP contribution in [0.1, 0.15) is 36.9 Å². The highest BCUT2D eigenvalue weighted by atomic mass is 32.1. The maximum absolute atomic E-state index is 10.3. The lowest BCUT2D eigenvalue weighted by Gasteiger charge is -2.20. The van der Waals surface area contributed by atoms with Crippen LogP contribution in [0.25, 0.3) is 0 Å². The van der Waals surface area contributed by atoms with Crippen LogP contribution in [0.3, 0.4) is 0 Å². The summed E-state index contributed by atoms with van der Waals surface area (Å²) in [5.74, 6) is 0.668. The molecule has 14 heavy (non-hydrogen) atoms. The SMILES string of the molecule is Cc1csc(CC2(O)CCC(C)C2)n1. The molecule has 1 fully saturated rings. The van der Waals surface area contributed by atoms with Crippen molar-refractivity contribution < 1.29 is 5.11 Å².